The Balaban J connectivity index is 2.32. The molecule has 1 unspecified atom stereocenters. The molecular weight excluding hydrogens is 216 g/mol. The summed E-state index contributed by atoms with van der Waals surface area (Å²) in [6.07, 6.45) is 3.09. The van der Waals surface area contributed by atoms with Crippen LogP contribution in [-0.4, -0.2) is 24.6 Å². The predicted molar refractivity (Wildman–Crippen MR) is 65.9 cm³/mol. The van der Waals surface area contributed by atoms with Gasteiger partial charge in [0.05, 0.1) is 13.2 Å². The van der Waals surface area contributed by atoms with Gasteiger partial charge in [0, 0.05) is 12.1 Å². The number of methoxy groups -OCH3 is 1. The van der Waals surface area contributed by atoms with E-state index in [-0.39, 0.29) is 12.1 Å². The van der Waals surface area contributed by atoms with Gasteiger partial charge in [-0.2, -0.15) is 0 Å². The van der Waals surface area contributed by atoms with Crippen molar-refractivity contribution in [2.24, 2.45) is 5.73 Å². The Morgan fingerprint density at radius 3 is 2.88 bits per heavy atom. The molecule has 2 rings (SSSR count). The van der Waals surface area contributed by atoms with Crippen molar-refractivity contribution < 1.29 is 9.53 Å². The number of nitrogens with two attached hydrogens (primary N) is 1. The second-order valence-electron chi connectivity index (χ2n) is 4.29. The van der Waals surface area contributed by atoms with Crippen LogP contribution >= 0.6 is 0 Å². The number of para-hydroxylation sites is 1. The highest BCUT2D eigenvalue weighted by Crippen LogP contribution is 2.35. The molecule has 1 fully saturated rings. The Kier molecular flexibility index (Phi) is 3.52. The zero-order valence-electron chi connectivity index (χ0n) is 10.1. The smallest absolute Gasteiger partial charge is 0.315 e. The number of hydrogen-bond acceptors (Lipinski definition) is 2. The first-order valence-electron chi connectivity index (χ1n) is 5.93. The number of nitrogens with zero attached hydrogens (tertiary/aromatic N) is 1. The summed E-state index contributed by atoms with van der Waals surface area (Å²) in [5.74, 6) is 0.825. The highest BCUT2D eigenvalue weighted by Gasteiger charge is 2.28. The van der Waals surface area contributed by atoms with Crippen LogP contribution in [-0.2, 0) is 0 Å². The number of ether oxygens (including phenoxy) is 1. The quantitative estimate of drug-likeness (QED) is 0.853. The molecule has 1 heterocycles. The van der Waals surface area contributed by atoms with E-state index in [0.29, 0.717) is 0 Å². The summed E-state index contributed by atoms with van der Waals surface area (Å²) >= 11 is 0. The fraction of sp³-hybridized carbons (Fsp3) is 0.462. The number of urea groups is 1. The SMILES string of the molecule is COc1ccccc1C1CCCCN1C(N)=O. The maximum absolute atomic E-state index is 11.4. The minimum Gasteiger partial charge on any atom is -0.496 e. The maximum atomic E-state index is 11.4. The number of likely N-dealkylation sites (tertiary alicyclic amines) is 1. The summed E-state index contributed by atoms with van der Waals surface area (Å²) in [5.41, 5.74) is 6.48. The molecule has 4 heteroatoms. The van der Waals surface area contributed by atoms with E-state index in [1.165, 1.54) is 0 Å². The average molecular weight is 234 g/mol. The molecule has 1 aromatic rings. The van der Waals surface area contributed by atoms with Crippen LogP contribution in [0.25, 0.3) is 0 Å². The van der Waals surface area contributed by atoms with Crippen molar-refractivity contribution in [3.8, 4) is 5.75 Å². The van der Waals surface area contributed by atoms with Crippen molar-refractivity contribution in [3.63, 3.8) is 0 Å². The van der Waals surface area contributed by atoms with Crippen molar-refractivity contribution in [1.29, 1.82) is 0 Å². The molecule has 0 spiro atoms. The van der Waals surface area contributed by atoms with Crippen molar-refractivity contribution in [1.82, 2.24) is 4.90 Å². The van der Waals surface area contributed by atoms with Gasteiger partial charge < -0.3 is 15.4 Å². The highest BCUT2D eigenvalue weighted by atomic mass is 16.5. The Hall–Kier alpha value is -1.71. The standard InChI is InChI=1S/C13H18N2O2/c1-17-12-8-3-2-6-10(12)11-7-4-5-9-15(11)13(14)16/h2-3,6,8,11H,4-5,7,9H2,1H3,(H2,14,16). The third kappa shape index (κ3) is 2.35. The molecule has 0 saturated carbocycles. The van der Waals surface area contributed by atoms with Crippen LogP contribution in [0.2, 0.25) is 0 Å². The van der Waals surface area contributed by atoms with Gasteiger partial charge in [0.2, 0.25) is 0 Å². The number of amides is 2. The van der Waals surface area contributed by atoms with Crippen LogP contribution in [0, 0.1) is 0 Å². The Bertz CT molecular complexity index is 406. The van der Waals surface area contributed by atoms with Crippen LogP contribution in [0.5, 0.6) is 5.75 Å². The fourth-order valence-electron chi connectivity index (χ4n) is 2.46. The molecule has 0 bridgehead atoms. The first-order valence-corrected chi connectivity index (χ1v) is 5.93. The molecule has 1 aliphatic heterocycles. The van der Waals surface area contributed by atoms with E-state index in [1.54, 1.807) is 12.0 Å². The van der Waals surface area contributed by atoms with Crippen LogP contribution < -0.4 is 10.5 Å². The van der Waals surface area contributed by atoms with Crippen LogP contribution in [0.15, 0.2) is 24.3 Å². The minimum atomic E-state index is -0.347. The number of benzene rings is 1. The fourth-order valence-corrected chi connectivity index (χ4v) is 2.46. The lowest BCUT2D eigenvalue weighted by atomic mass is 9.95. The number of carbonyl (C=O) groups excluding carboxylic acids is 1. The lowest BCUT2D eigenvalue weighted by Gasteiger charge is -2.35. The van der Waals surface area contributed by atoms with Crippen LogP contribution in [0.4, 0.5) is 4.79 Å². The van der Waals surface area contributed by atoms with E-state index < -0.39 is 0 Å². The number of hydrogen-bond donors (Lipinski definition) is 1. The number of rotatable bonds is 2. The molecular formula is C13H18N2O2. The van der Waals surface area contributed by atoms with Crippen LogP contribution in [0.1, 0.15) is 30.9 Å². The Morgan fingerprint density at radius 2 is 2.18 bits per heavy atom. The van der Waals surface area contributed by atoms with E-state index >= 15 is 0 Å². The Labute approximate surface area is 101 Å². The molecule has 17 heavy (non-hydrogen) atoms. The third-order valence-electron chi connectivity index (χ3n) is 3.28. The van der Waals surface area contributed by atoms with Gasteiger partial charge in [0.25, 0.3) is 0 Å². The maximum Gasteiger partial charge on any atom is 0.315 e. The largest absolute Gasteiger partial charge is 0.496 e. The topological polar surface area (TPSA) is 55.6 Å². The van der Waals surface area contributed by atoms with Gasteiger partial charge >= 0.3 is 6.03 Å². The van der Waals surface area contributed by atoms with Gasteiger partial charge in [-0.05, 0) is 25.3 Å². The first-order chi connectivity index (χ1) is 8.24. The normalized spacial score (nSPS) is 20.1. The summed E-state index contributed by atoms with van der Waals surface area (Å²) < 4.78 is 5.35. The van der Waals surface area contributed by atoms with Crippen molar-refractivity contribution >= 4 is 6.03 Å². The second-order valence-corrected chi connectivity index (χ2v) is 4.29. The molecule has 1 atom stereocenters. The molecule has 92 valence electrons. The number of piperidine rings is 1. The molecule has 1 aromatic carbocycles. The lowest BCUT2D eigenvalue weighted by Crippen LogP contribution is -2.41. The number of carbonyl (C=O) groups is 1. The van der Waals surface area contributed by atoms with Crippen molar-refractivity contribution in [2.45, 2.75) is 25.3 Å². The van der Waals surface area contributed by atoms with Gasteiger partial charge in [0.1, 0.15) is 5.75 Å². The molecule has 0 aliphatic carbocycles. The average Bonchev–Trinajstić information content (AvgIpc) is 2.38. The molecule has 1 aliphatic rings. The monoisotopic (exact) mass is 234 g/mol. The van der Waals surface area contributed by atoms with E-state index in [9.17, 15) is 4.79 Å². The van der Waals surface area contributed by atoms with E-state index in [1.807, 2.05) is 24.3 Å². The summed E-state index contributed by atoms with van der Waals surface area (Å²) in [5, 5.41) is 0. The minimum absolute atomic E-state index is 0.0531. The molecule has 0 aromatic heterocycles. The molecule has 0 radical (unpaired) electrons. The van der Waals surface area contributed by atoms with Crippen molar-refractivity contribution in [3.05, 3.63) is 29.8 Å². The lowest BCUT2D eigenvalue weighted by molar-refractivity contribution is 0.158. The summed E-state index contributed by atoms with van der Waals surface area (Å²) in [4.78, 5) is 13.2. The van der Waals surface area contributed by atoms with E-state index in [0.717, 1.165) is 37.1 Å². The Morgan fingerprint density at radius 1 is 1.41 bits per heavy atom. The molecule has 2 amide bonds. The van der Waals surface area contributed by atoms with E-state index in [2.05, 4.69) is 0 Å². The third-order valence-corrected chi connectivity index (χ3v) is 3.28. The first kappa shape index (κ1) is 11.8. The van der Waals surface area contributed by atoms with Gasteiger partial charge in [-0.1, -0.05) is 18.2 Å². The van der Waals surface area contributed by atoms with Gasteiger partial charge in [-0.3, -0.25) is 0 Å². The zero-order valence-corrected chi connectivity index (χ0v) is 10.1. The summed E-state index contributed by atoms with van der Waals surface area (Å²) in [6.45, 7) is 0.734. The second kappa shape index (κ2) is 5.08. The molecule has 4 nitrogen and oxygen atoms in total. The predicted octanol–water partition coefficient (Wildman–Crippen LogP) is 2.30. The van der Waals surface area contributed by atoms with Gasteiger partial charge in [0.15, 0.2) is 0 Å². The van der Waals surface area contributed by atoms with Crippen LogP contribution in [0.3, 0.4) is 0 Å². The highest BCUT2D eigenvalue weighted by molar-refractivity contribution is 5.73. The van der Waals surface area contributed by atoms with Crippen molar-refractivity contribution in [2.75, 3.05) is 13.7 Å². The summed E-state index contributed by atoms with van der Waals surface area (Å²) in [7, 11) is 1.65. The van der Waals surface area contributed by atoms with Gasteiger partial charge in [-0.25, -0.2) is 4.79 Å². The molecule has 2 N–H and O–H groups in total. The number of primary amides is 1. The van der Waals surface area contributed by atoms with Gasteiger partial charge in [-0.15, -0.1) is 0 Å². The zero-order chi connectivity index (χ0) is 12.3. The summed E-state index contributed by atoms with van der Waals surface area (Å²) in [6, 6.07) is 7.53. The molecule has 1 saturated heterocycles. The van der Waals surface area contributed by atoms with E-state index in [4.69, 9.17) is 10.5 Å².